The highest BCUT2D eigenvalue weighted by molar-refractivity contribution is 5.65. The standard InChI is InChI=1S/C28H35N3O3/c1-4-5-12-23(32)19-31(18-21-15-16-21)20-26-27(22-10-7-6-8-11-22)29-30(2)28(26)34-25-14-9-13-24(17-25)33-3/h4,6-11,13-14,17,21,23,32H,1,5,12,15-16,18-20H2,2-3H3/t23-/m1/s1. The van der Waals surface area contributed by atoms with Crippen LogP contribution >= 0.6 is 0 Å². The SMILES string of the molecule is C=CCC[C@@H](O)CN(Cc1c(-c2ccccc2)nn(C)c1Oc1cccc(OC)c1)CC1CC1. The van der Waals surface area contributed by atoms with E-state index < -0.39 is 6.10 Å². The minimum Gasteiger partial charge on any atom is -0.497 e. The fourth-order valence-corrected chi connectivity index (χ4v) is 4.22. The Morgan fingerprint density at radius 2 is 1.94 bits per heavy atom. The van der Waals surface area contributed by atoms with Crippen LogP contribution in [0.2, 0.25) is 0 Å². The van der Waals surface area contributed by atoms with Crippen molar-refractivity contribution in [1.82, 2.24) is 14.7 Å². The third-order valence-electron chi connectivity index (χ3n) is 6.16. The second kappa shape index (κ2) is 11.4. The number of rotatable bonds is 13. The Morgan fingerprint density at radius 3 is 2.65 bits per heavy atom. The van der Waals surface area contributed by atoms with Gasteiger partial charge in [0.05, 0.1) is 18.8 Å². The smallest absolute Gasteiger partial charge is 0.222 e. The van der Waals surface area contributed by atoms with Gasteiger partial charge < -0.3 is 14.6 Å². The molecule has 0 bridgehead atoms. The number of hydrogen-bond donors (Lipinski definition) is 1. The van der Waals surface area contributed by atoms with E-state index in [2.05, 4.69) is 23.6 Å². The van der Waals surface area contributed by atoms with E-state index in [9.17, 15) is 5.11 Å². The van der Waals surface area contributed by atoms with Gasteiger partial charge in [-0.25, -0.2) is 4.68 Å². The zero-order valence-electron chi connectivity index (χ0n) is 20.2. The summed E-state index contributed by atoms with van der Waals surface area (Å²) < 4.78 is 13.6. The molecule has 1 aliphatic rings. The number of aliphatic hydroxyl groups excluding tert-OH is 1. The number of aliphatic hydroxyl groups is 1. The molecule has 6 heteroatoms. The Bertz CT molecular complexity index is 1080. The molecule has 0 aliphatic heterocycles. The van der Waals surface area contributed by atoms with Gasteiger partial charge in [0, 0.05) is 38.3 Å². The highest BCUT2D eigenvalue weighted by Crippen LogP contribution is 2.36. The van der Waals surface area contributed by atoms with Gasteiger partial charge in [0.2, 0.25) is 5.88 Å². The molecule has 3 aromatic rings. The third-order valence-corrected chi connectivity index (χ3v) is 6.16. The predicted octanol–water partition coefficient (Wildman–Crippen LogP) is 5.43. The topological polar surface area (TPSA) is 59.8 Å². The maximum Gasteiger partial charge on any atom is 0.222 e. The number of methoxy groups -OCH3 is 1. The van der Waals surface area contributed by atoms with Gasteiger partial charge in [0.1, 0.15) is 17.2 Å². The molecule has 0 saturated heterocycles. The highest BCUT2D eigenvalue weighted by Gasteiger charge is 2.28. The minimum atomic E-state index is -0.392. The molecule has 0 amide bonds. The predicted molar refractivity (Wildman–Crippen MR) is 135 cm³/mol. The molecular formula is C28H35N3O3. The van der Waals surface area contributed by atoms with Gasteiger partial charge in [-0.05, 0) is 43.7 Å². The molecule has 6 nitrogen and oxygen atoms in total. The molecule has 1 fully saturated rings. The van der Waals surface area contributed by atoms with Crippen molar-refractivity contribution >= 4 is 0 Å². The molecule has 0 unspecified atom stereocenters. The van der Waals surface area contributed by atoms with Crippen molar-refractivity contribution in [2.45, 2.75) is 38.3 Å². The van der Waals surface area contributed by atoms with Crippen LogP contribution in [0.4, 0.5) is 0 Å². The lowest BCUT2D eigenvalue weighted by Gasteiger charge is -2.25. The van der Waals surface area contributed by atoms with Crippen molar-refractivity contribution in [2.75, 3.05) is 20.2 Å². The Kier molecular flexibility index (Phi) is 8.03. The van der Waals surface area contributed by atoms with Crippen molar-refractivity contribution in [2.24, 2.45) is 13.0 Å². The summed E-state index contributed by atoms with van der Waals surface area (Å²) in [5.41, 5.74) is 2.97. The molecule has 1 saturated carbocycles. The third kappa shape index (κ3) is 6.27. The highest BCUT2D eigenvalue weighted by atomic mass is 16.5. The number of ether oxygens (including phenoxy) is 2. The first-order valence-corrected chi connectivity index (χ1v) is 12.0. The summed E-state index contributed by atoms with van der Waals surface area (Å²) in [7, 11) is 3.56. The Balaban J connectivity index is 1.67. The number of hydrogen-bond acceptors (Lipinski definition) is 5. The van der Waals surface area contributed by atoms with Crippen molar-refractivity contribution < 1.29 is 14.6 Å². The van der Waals surface area contributed by atoms with Gasteiger partial charge in [-0.3, -0.25) is 4.90 Å². The maximum absolute atomic E-state index is 10.7. The van der Waals surface area contributed by atoms with Gasteiger partial charge in [-0.1, -0.05) is 42.5 Å². The zero-order valence-corrected chi connectivity index (χ0v) is 20.2. The van der Waals surface area contributed by atoms with Gasteiger partial charge in [0.15, 0.2) is 0 Å². The molecule has 1 aliphatic carbocycles. The molecule has 0 spiro atoms. The fraction of sp³-hybridized carbons (Fsp3) is 0.393. The summed E-state index contributed by atoms with van der Waals surface area (Å²) in [5.74, 6) is 2.84. The number of aromatic nitrogens is 2. The molecule has 4 rings (SSSR count). The summed E-state index contributed by atoms with van der Waals surface area (Å²) in [6, 6.07) is 17.8. The number of allylic oxidation sites excluding steroid dienone is 1. The lowest BCUT2D eigenvalue weighted by atomic mass is 10.1. The first kappa shape index (κ1) is 24.0. The van der Waals surface area contributed by atoms with Crippen LogP contribution in [-0.2, 0) is 13.6 Å². The van der Waals surface area contributed by atoms with Gasteiger partial charge >= 0.3 is 0 Å². The Morgan fingerprint density at radius 1 is 1.18 bits per heavy atom. The number of nitrogens with zero attached hydrogens (tertiary/aromatic N) is 3. The molecule has 34 heavy (non-hydrogen) atoms. The minimum absolute atomic E-state index is 0.392. The first-order chi connectivity index (χ1) is 16.6. The maximum atomic E-state index is 10.7. The second-order valence-corrected chi connectivity index (χ2v) is 9.06. The molecule has 1 heterocycles. The molecule has 1 N–H and O–H groups in total. The van der Waals surface area contributed by atoms with E-state index in [4.69, 9.17) is 14.6 Å². The van der Waals surface area contributed by atoms with Crippen molar-refractivity contribution in [1.29, 1.82) is 0 Å². The average Bonchev–Trinajstić information content (AvgIpc) is 3.62. The van der Waals surface area contributed by atoms with Gasteiger partial charge in [0.25, 0.3) is 0 Å². The fourth-order valence-electron chi connectivity index (χ4n) is 4.22. The molecule has 2 aromatic carbocycles. The average molecular weight is 462 g/mol. The van der Waals surface area contributed by atoms with Crippen LogP contribution in [0.15, 0.2) is 67.3 Å². The Labute approximate surface area is 202 Å². The van der Waals surface area contributed by atoms with Crippen LogP contribution in [0.5, 0.6) is 17.4 Å². The summed E-state index contributed by atoms with van der Waals surface area (Å²) in [5, 5.41) is 15.5. The van der Waals surface area contributed by atoms with Gasteiger partial charge in [-0.15, -0.1) is 6.58 Å². The monoisotopic (exact) mass is 461 g/mol. The molecule has 0 radical (unpaired) electrons. The number of benzene rings is 2. The van der Waals surface area contributed by atoms with E-state index in [-0.39, 0.29) is 0 Å². The normalized spacial score (nSPS) is 14.2. The van der Waals surface area contributed by atoms with Crippen LogP contribution in [0.1, 0.15) is 31.2 Å². The zero-order chi connectivity index (χ0) is 23.9. The van der Waals surface area contributed by atoms with E-state index in [1.54, 1.807) is 11.8 Å². The van der Waals surface area contributed by atoms with Crippen LogP contribution in [0, 0.1) is 5.92 Å². The van der Waals surface area contributed by atoms with Crippen LogP contribution < -0.4 is 9.47 Å². The molecule has 1 atom stereocenters. The summed E-state index contributed by atoms with van der Waals surface area (Å²) in [6.07, 6.45) is 5.51. The molecule has 1 aromatic heterocycles. The van der Waals surface area contributed by atoms with Crippen LogP contribution in [0.3, 0.4) is 0 Å². The summed E-state index contributed by atoms with van der Waals surface area (Å²) in [6.45, 7) is 6.02. The van der Waals surface area contributed by atoms with E-state index >= 15 is 0 Å². The second-order valence-electron chi connectivity index (χ2n) is 9.06. The van der Waals surface area contributed by atoms with E-state index in [0.29, 0.717) is 30.6 Å². The van der Waals surface area contributed by atoms with Crippen molar-refractivity contribution in [3.05, 3.63) is 72.8 Å². The lowest BCUT2D eigenvalue weighted by Crippen LogP contribution is -2.33. The summed E-state index contributed by atoms with van der Waals surface area (Å²) >= 11 is 0. The van der Waals surface area contributed by atoms with E-state index in [1.165, 1.54) is 12.8 Å². The largest absolute Gasteiger partial charge is 0.497 e. The number of aryl methyl sites for hydroxylation is 1. The van der Waals surface area contributed by atoms with Crippen molar-refractivity contribution in [3.8, 4) is 28.6 Å². The van der Waals surface area contributed by atoms with E-state index in [0.717, 1.165) is 42.0 Å². The first-order valence-electron chi connectivity index (χ1n) is 12.0. The molecule has 180 valence electrons. The van der Waals surface area contributed by atoms with Gasteiger partial charge in [-0.2, -0.15) is 5.10 Å². The summed E-state index contributed by atoms with van der Waals surface area (Å²) in [4.78, 5) is 2.35. The molecular weight excluding hydrogens is 426 g/mol. The quantitative estimate of drug-likeness (QED) is 0.344. The lowest BCUT2D eigenvalue weighted by molar-refractivity contribution is 0.0992. The van der Waals surface area contributed by atoms with Crippen molar-refractivity contribution in [3.63, 3.8) is 0 Å². The van der Waals surface area contributed by atoms with Crippen LogP contribution in [-0.4, -0.2) is 46.1 Å². The van der Waals surface area contributed by atoms with Crippen LogP contribution in [0.25, 0.3) is 11.3 Å². The van der Waals surface area contributed by atoms with E-state index in [1.807, 2.05) is 55.6 Å². The Hall–Kier alpha value is -3.09.